The molecule has 12 heavy (non-hydrogen) atoms. The monoisotopic (exact) mass is 186 g/mol. The van der Waals surface area contributed by atoms with E-state index in [9.17, 15) is 9.59 Å². The van der Waals surface area contributed by atoms with E-state index in [1.807, 2.05) is 0 Å². The molecule has 0 atom stereocenters. The zero-order valence-corrected chi connectivity index (χ0v) is 8.73. The van der Waals surface area contributed by atoms with Crippen molar-refractivity contribution < 1.29 is 59.3 Å². The first-order chi connectivity index (χ1) is 4.86. The van der Waals surface area contributed by atoms with E-state index in [1.54, 1.807) is 0 Å². The van der Waals surface area contributed by atoms with Crippen LogP contribution in [-0.2, 0) is 14.4 Å². The van der Waals surface area contributed by atoms with E-state index < -0.39 is 24.3 Å². The Hall–Kier alpha value is -0.590. The molecule has 0 aliphatic carbocycles. The predicted octanol–water partition coefficient (Wildman–Crippen LogP) is -4.69. The molecule has 0 aliphatic heterocycles. The average Bonchev–Trinajstić information content (AvgIpc) is 1.56. The van der Waals surface area contributed by atoms with E-state index in [1.165, 1.54) is 0 Å². The number of carbonyl (C=O) groups excluding carboxylic acids is 1. The van der Waals surface area contributed by atoms with Crippen LogP contribution in [0.3, 0.4) is 0 Å². The Kier molecular flexibility index (Phi) is 15.2. The van der Waals surface area contributed by atoms with E-state index in [4.69, 9.17) is 20.1 Å². The van der Waals surface area contributed by atoms with Gasteiger partial charge in [0.2, 0.25) is 0 Å². The average molecular weight is 186 g/mol. The first kappa shape index (κ1) is 17.5. The van der Waals surface area contributed by atoms with Gasteiger partial charge in [-0.15, -0.1) is 0 Å². The molecule has 0 aromatic carbocycles. The van der Waals surface area contributed by atoms with Gasteiger partial charge < -0.3 is 20.1 Å². The number of carboxylic acids is 3. The van der Waals surface area contributed by atoms with E-state index in [-0.39, 0.29) is 29.6 Å². The standard InChI is InChI=1S/C3H4O4.C2H4O2.Na/c4-2(5)1-3(6)7;1-2(3)4;/h1H2,(H,4,5)(H,6,7);1H3,(H,3,4);/q;;+1/p-1. The summed E-state index contributed by atoms with van der Waals surface area (Å²) in [5, 5.41) is 24.3. The fourth-order valence-corrected chi connectivity index (χ4v) is 0.129. The van der Waals surface area contributed by atoms with Gasteiger partial charge in [-0.2, -0.15) is 0 Å². The molecule has 0 fully saturated rings. The minimum Gasteiger partial charge on any atom is -0.550 e. The second-order valence-corrected chi connectivity index (χ2v) is 1.46. The maximum absolute atomic E-state index is 9.43. The number of carboxylic acid groups (broad SMARTS) is 3. The van der Waals surface area contributed by atoms with Crippen LogP contribution in [0.25, 0.3) is 0 Å². The van der Waals surface area contributed by atoms with E-state index in [0.29, 0.717) is 0 Å². The minimum atomic E-state index is -1.31. The van der Waals surface area contributed by atoms with Gasteiger partial charge in [0.1, 0.15) is 6.42 Å². The van der Waals surface area contributed by atoms with Crippen LogP contribution in [0.15, 0.2) is 0 Å². The van der Waals surface area contributed by atoms with Gasteiger partial charge in [0, 0.05) is 5.97 Å². The Labute approximate surface area is 90.5 Å². The van der Waals surface area contributed by atoms with Gasteiger partial charge in [0.05, 0.1) is 0 Å². The summed E-state index contributed by atoms with van der Waals surface area (Å²) in [5.41, 5.74) is 0. The largest absolute Gasteiger partial charge is 1.00 e. The van der Waals surface area contributed by atoms with Crippen LogP contribution < -0.4 is 34.7 Å². The Balaban J connectivity index is -0.000000142. The molecule has 0 saturated heterocycles. The summed E-state index contributed by atoms with van der Waals surface area (Å²) in [6.07, 6.45) is -0.806. The maximum Gasteiger partial charge on any atom is 1.00 e. The van der Waals surface area contributed by atoms with Gasteiger partial charge >= 0.3 is 41.5 Å². The molecular formula is C5H7NaO6. The zero-order chi connectivity index (χ0) is 9.44. The minimum absolute atomic E-state index is 0. The first-order valence-corrected chi connectivity index (χ1v) is 2.47. The van der Waals surface area contributed by atoms with Crippen LogP contribution in [0.1, 0.15) is 13.3 Å². The summed E-state index contributed by atoms with van der Waals surface area (Å²) < 4.78 is 0. The van der Waals surface area contributed by atoms with E-state index >= 15 is 0 Å². The number of hydrogen-bond donors (Lipinski definition) is 2. The molecule has 0 rings (SSSR count). The van der Waals surface area contributed by atoms with Crippen molar-refractivity contribution in [2.75, 3.05) is 0 Å². The Bertz CT molecular complexity index is 149. The Morgan fingerprint density at radius 2 is 1.33 bits per heavy atom. The maximum atomic E-state index is 9.43. The van der Waals surface area contributed by atoms with Crippen molar-refractivity contribution in [3.63, 3.8) is 0 Å². The summed E-state index contributed by atoms with van der Waals surface area (Å²) >= 11 is 0. The summed E-state index contributed by atoms with van der Waals surface area (Å²) in [6, 6.07) is 0. The van der Waals surface area contributed by atoms with Crippen molar-refractivity contribution in [1.82, 2.24) is 0 Å². The van der Waals surface area contributed by atoms with Crippen molar-refractivity contribution in [2.45, 2.75) is 13.3 Å². The van der Waals surface area contributed by atoms with Crippen molar-refractivity contribution in [2.24, 2.45) is 0 Å². The first-order valence-electron chi connectivity index (χ1n) is 2.47. The second-order valence-electron chi connectivity index (χ2n) is 1.46. The van der Waals surface area contributed by atoms with Gasteiger partial charge in [-0.3, -0.25) is 9.59 Å². The molecule has 6 nitrogen and oxygen atoms in total. The topological polar surface area (TPSA) is 115 Å². The molecule has 0 heterocycles. The third-order valence-corrected chi connectivity index (χ3v) is 0.302. The van der Waals surface area contributed by atoms with Gasteiger partial charge in [-0.05, 0) is 6.92 Å². The number of aliphatic carboxylic acids is 3. The third kappa shape index (κ3) is 57.2. The van der Waals surface area contributed by atoms with Crippen molar-refractivity contribution in [3.05, 3.63) is 0 Å². The number of rotatable bonds is 2. The molecular weight excluding hydrogens is 179 g/mol. The van der Waals surface area contributed by atoms with Gasteiger partial charge in [0.15, 0.2) is 0 Å². The van der Waals surface area contributed by atoms with E-state index in [0.717, 1.165) is 6.92 Å². The Morgan fingerprint density at radius 3 is 1.33 bits per heavy atom. The molecule has 0 aliphatic rings. The molecule has 0 amide bonds. The fraction of sp³-hybridized carbons (Fsp3) is 0.400. The molecule has 0 unspecified atom stereocenters. The fourth-order valence-electron chi connectivity index (χ4n) is 0.129. The molecule has 0 aromatic rings. The van der Waals surface area contributed by atoms with Crippen LogP contribution >= 0.6 is 0 Å². The summed E-state index contributed by atoms with van der Waals surface area (Å²) in [6.45, 7) is 0.972. The number of carbonyl (C=O) groups is 3. The van der Waals surface area contributed by atoms with Gasteiger partial charge in [0.25, 0.3) is 0 Å². The smallest absolute Gasteiger partial charge is 0.550 e. The molecule has 2 N–H and O–H groups in total. The molecule has 7 heteroatoms. The molecule has 0 bridgehead atoms. The van der Waals surface area contributed by atoms with Gasteiger partial charge in [-0.1, -0.05) is 0 Å². The van der Waals surface area contributed by atoms with Crippen molar-refractivity contribution in [3.8, 4) is 0 Å². The molecule has 0 saturated carbocycles. The SMILES string of the molecule is CC(=O)[O-].O=C(O)CC(=O)O.[Na+]. The van der Waals surface area contributed by atoms with Crippen LogP contribution in [-0.4, -0.2) is 28.1 Å². The van der Waals surface area contributed by atoms with Crippen molar-refractivity contribution in [1.29, 1.82) is 0 Å². The number of hydrogen-bond acceptors (Lipinski definition) is 4. The zero-order valence-electron chi connectivity index (χ0n) is 6.73. The molecule has 64 valence electrons. The van der Waals surface area contributed by atoms with Crippen LogP contribution in [0, 0.1) is 0 Å². The predicted molar refractivity (Wildman–Crippen MR) is 30.6 cm³/mol. The van der Waals surface area contributed by atoms with Crippen LogP contribution in [0.2, 0.25) is 0 Å². The van der Waals surface area contributed by atoms with E-state index in [2.05, 4.69) is 0 Å². The summed E-state index contributed by atoms with van der Waals surface area (Å²) in [4.78, 5) is 27.7. The molecule has 0 radical (unpaired) electrons. The summed E-state index contributed by atoms with van der Waals surface area (Å²) in [5.74, 6) is -3.71. The molecule has 0 aromatic heterocycles. The summed E-state index contributed by atoms with van der Waals surface area (Å²) in [7, 11) is 0. The molecule has 0 spiro atoms. The van der Waals surface area contributed by atoms with Crippen molar-refractivity contribution >= 4 is 17.9 Å². The third-order valence-electron chi connectivity index (χ3n) is 0.302. The van der Waals surface area contributed by atoms with Gasteiger partial charge in [-0.25, -0.2) is 0 Å². The normalized spacial score (nSPS) is 6.75. The second kappa shape index (κ2) is 10.4. The Morgan fingerprint density at radius 1 is 1.17 bits per heavy atom. The van der Waals surface area contributed by atoms with Crippen LogP contribution in [0.4, 0.5) is 0 Å². The van der Waals surface area contributed by atoms with Crippen LogP contribution in [0.5, 0.6) is 0 Å². The quantitative estimate of drug-likeness (QED) is 0.331.